The van der Waals surface area contributed by atoms with Crippen molar-refractivity contribution < 1.29 is 5.11 Å². The van der Waals surface area contributed by atoms with Gasteiger partial charge in [0, 0.05) is 0 Å². The van der Waals surface area contributed by atoms with E-state index in [1.165, 1.54) is 0 Å². The van der Waals surface area contributed by atoms with Gasteiger partial charge in [0.05, 0.1) is 6.61 Å². The largest absolute Gasteiger partial charge is 0.330 e. The molecule has 2 N–H and O–H groups in total. The van der Waals surface area contributed by atoms with Gasteiger partial charge in [0.1, 0.15) is 0 Å². The molecule has 0 fully saturated rings. The van der Waals surface area contributed by atoms with E-state index in [1.54, 1.807) is 0 Å². The molecular weight excluding hydrogens is 78.0 g/mol. The minimum absolute atomic E-state index is 0.0250. The molecule has 0 spiro atoms. The van der Waals surface area contributed by atoms with E-state index in [0.29, 0.717) is 6.54 Å². The maximum absolute atomic E-state index is 9.63. The van der Waals surface area contributed by atoms with E-state index < -0.39 is 0 Å². The molecule has 0 saturated heterocycles. The van der Waals surface area contributed by atoms with E-state index in [-0.39, 0.29) is 6.61 Å². The average Bonchev–Trinajstić information content (AvgIpc) is 1.61. The monoisotopic (exact) mass is 88.1 g/mol. The molecule has 0 aliphatic carbocycles. The fourth-order valence-corrected chi connectivity index (χ4v) is 0.246. The first kappa shape index (κ1) is 5.92. The summed E-state index contributed by atoms with van der Waals surface area (Å²) < 4.78 is 0. The summed E-state index contributed by atoms with van der Waals surface area (Å²) in [4.78, 5) is 0. The van der Waals surface area contributed by atoms with Crippen LogP contribution in [0.15, 0.2) is 0 Å². The van der Waals surface area contributed by atoms with Crippen molar-refractivity contribution in [3.63, 3.8) is 0 Å². The minimum Gasteiger partial charge on any atom is -0.330 e. The molecule has 2 nitrogen and oxygen atoms in total. The smallest absolute Gasteiger partial charge is 0.0822 e. The van der Waals surface area contributed by atoms with Crippen molar-refractivity contribution in [2.75, 3.05) is 13.2 Å². The van der Waals surface area contributed by atoms with E-state index in [0.717, 1.165) is 12.8 Å². The number of hydrogen-bond donors (Lipinski definition) is 1. The highest BCUT2D eigenvalue weighted by Gasteiger charge is 1.77. The van der Waals surface area contributed by atoms with E-state index in [4.69, 9.17) is 5.73 Å². The topological polar surface area (TPSA) is 45.9 Å². The molecule has 2 heteroatoms. The highest BCUT2D eigenvalue weighted by atomic mass is 16.2. The second kappa shape index (κ2) is 4.92. The van der Waals surface area contributed by atoms with Gasteiger partial charge in [-0.3, -0.25) is 0 Å². The Hall–Kier alpha value is -0.0800. The normalized spacial score (nSPS) is 9.00. The molecule has 1 radical (unpaired) electrons. The number of unbranched alkanes of at least 4 members (excludes halogenated alkanes) is 1. The van der Waals surface area contributed by atoms with Crippen molar-refractivity contribution in [2.24, 2.45) is 5.73 Å². The van der Waals surface area contributed by atoms with Crippen LogP contribution in [0, 0.1) is 0 Å². The predicted octanol–water partition coefficient (Wildman–Crippen LogP) is 0.156. The zero-order chi connectivity index (χ0) is 4.83. The summed E-state index contributed by atoms with van der Waals surface area (Å²) in [6.07, 6.45) is 1.61. The molecule has 0 rings (SSSR count). The fraction of sp³-hybridized carbons (Fsp3) is 1.00. The van der Waals surface area contributed by atoms with Crippen LogP contribution in [0.2, 0.25) is 0 Å². The first-order chi connectivity index (χ1) is 2.91. The van der Waals surface area contributed by atoms with Gasteiger partial charge in [0.25, 0.3) is 0 Å². The summed E-state index contributed by atoms with van der Waals surface area (Å²) in [5.41, 5.74) is 5.08. The average molecular weight is 88.1 g/mol. The van der Waals surface area contributed by atoms with Gasteiger partial charge in [-0.2, -0.15) is 0 Å². The maximum atomic E-state index is 9.63. The quantitative estimate of drug-likeness (QED) is 0.490. The Morgan fingerprint density at radius 2 is 2.00 bits per heavy atom. The van der Waals surface area contributed by atoms with Gasteiger partial charge in [-0.1, -0.05) is 0 Å². The number of hydrogen-bond acceptors (Lipinski definition) is 1. The second-order valence-electron chi connectivity index (χ2n) is 1.20. The Labute approximate surface area is 38.0 Å². The molecule has 0 atom stereocenters. The Bertz CT molecular complexity index is 19.5. The summed E-state index contributed by atoms with van der Waals surface area (Å²) in [6.45, 7) is 0.680. The maximum Gasteiger partial charge on any atom is 0.0822 e. The lowest BCUT2D eigenvalue weighted by molar-refractivity contribution is 0.187. The van der Waals surface area contributed by atoms with E-state index in [9.17, 15) is 5.11 Å². The Morgan fingerprint density at radius 1 is 1.33 bits per heavy atom. The van der Waals surface area contributed by atoms with Crippen molar-refractivity contribution in [3.8, 4) is 0 Å². The Kier molecular flexibility index (Phi) is 4.85. The summed E-state index contributed by atoms with van der Waals surface area (Å²) in [6, 6.07) is 0. The van der Waals surface area contributed by atoms with Crippen LogP contribution in [0.1, 0.15) is 12.8 Å². The first-order valence-electron chi connectivity index (χ1n) is 2.20. The predicted molar refractivity (Wildman–Crippen MR) is 23.8 cm³/mol. The van der Waals surface area contributed by atoms with Crippen molar-refractivity contribution in [1.29, 1.82) is 0 Å². The lowest BCUT2D eigenvalue weighted by Crippen LogP contribution is -1.98. The van der Waals surface area contributed by atoms with Gasteiger partial charge in [-0.25, -0.2) is 5.11 Å². The Balaban J connectivity index is 2.34. The van der Waals surface area contributed by atoms with Gasteiger partial charge in [0.2, 0.25) is 0 Å². The van der Waals surface area contributed by atoms with Crippen LogP contribution in [-0.4, -0.2) is 13.2 Å². The van der Waals surface area contributed by atoms with Crippen LogP contribution >= 0.6 is 0 Å². The molecule has 0 saturated carbocycles. The van der Waals surface area contributed by atoms with E-state index in [2.05, 4.69) is 0 Å². The number of rotatable bonds is 3. The van der Waals surface area contributed by atoms with Crippen molar-refractivity contribution in [3.05, 3.63) is 0 Å². The molecule has 0 aliphatic heterocycles. The van der Waals surface area contributed by atoms with Gasteiger partial charge in [0.15, 0.2) is 0 Å². The standard InChI is InChI=1S/C4H10NO/c5-3-1-2-4-6/h1-5H2. The molecule has 0 aromatic rings. The zero-order valence-electron chi connectivity index (χ0n) is 3.81. The molecule has 0 aliphatic rings. The molecule has 0 amide bonds. The van der Waals surface area contributed by atoms with Gasteiger partial charge >= 0.3 is 0 Å². The summed E-state index contributed by atoms with van der Waals surface area (Å²) >= 11 is 0. The van der Waals surface area contributed by atoms with Gasteiger partial charge < -0.3 is 5.73 Å². The van der Waals surface area contributed by atoms with Crippen molar-refractivity contribution >= 4 is 0 Å². The highest BCUT2D eigenvalue weighted by molar-refractivity contribution is 4.34. The lowest BCUT2D eigenvalue weighted by Gasteiger charge is -1.84. The third-order valence-corrected chi connectivity index (χ3v) is 0.598. The summed E-state index contributed by atoms with van der Waals surface area (Å²) in [7, 11) is 0. The molecule has 0 aromatic heterocycles. The first-order valence-corrected chi connectivity index (χ1v) is 2.20. The van der Waals surface area contributed by atoms with Crippen LogP contribution in [0.4, 0.5) is 0 Å². The highest BCUT2D eigenvalue weighted by Crippen LogP contribution is 1.79. The molecule has 0 bridgehead atoms. The van der Waals surface area contributed by atoms with E-state index in [1.807, 2.05) is 0 Å². The zero-order valence-corrected chi connectivity index (χ0v) is 3.81. The third-order valence-electron chi connectivity index (χ3n) is 0.598. The van der Waals surface area contributed by atoms with Crippen LogP contribution in [-0.2, 0) is 5.11 Å². The van der Waals surface area contributed by atoms with Crippen molar-refractivity contribution in [2.45, 2.75) is 12.8 Å². The minimum atomic E-state index is 0.0250. The van der Waals surface area contributed by atoms with Crippen LogP contribution in [0.25, 0.3) is 0 Å². The summed E-state index contributed by atoms with van der Waals surface area (Å²) in [5, 5.41) is 9.63. The van der Waals surface area contributed by atoms with Gasteiger partial charge in [-0.15, -0.1) is 0 Å². The molecule has 0 aromatic carbocycles. The van der Waals surface area contributed by atoms with Gasteiger partial charge in [-0.05, 0) is 19.4 Å². The fourth-order valence-electron chi connectivity index (χ4n) is 0.246. The second-order valence-corrected chi connectivity index (χ2v) is 1.20. The molecule has 0 heterocycles. The van der Waals surface area contributed by atoms with Crippen molar-refractivity contribution in [1.82, 2.24) is 0 Å². The van der Waals surface area contributed by atoms with Crippen LogP contribution in [0.3, 0.4) is 0 Å². The Morgan fingerprint density at radius 3 is 2.17 bits per heavy atom. The molecular formula is C4H10NO. The lowest BCUT2D eigenvalue weighted by atomic mass is 10.3. The molecule has 6 heavy (non-hydrogen) atoms. The molecule has 37 valence electrons. The molecule has 0 unspecified atom stereocenters. The third kappa shape index (κ3) is 3.92. The van der Waals surface area contributed by atoms with E-state index >= 15 is 0 Å². The van der Waals surface area contributed by atoms with Crippen LogP contribution < -0.4 is 5.73 Å². The van der Waals surface area contributed by atoms with Crippen LogP contribution in [0.5, 0.6) is 0 Å². The SMILES string of the molecule is NCCCC[O]. The number of nitrogens with two attached hydrogens (primary N) is 1. The summed E-state index contributed by atoms with van der Waals surface area (Å²) in [5.74, 6) is 0.